The number of benzene rings is 1. The SMILES string of the molecule is CS(=O)(=O)c1ccc(C(O)=C2C(=O)CCCC2=O)c(Cl)c1CN1CCC(Oc2ncc(C(F)(F)F)cc2Cl)CC1. The quantitative estimate of drug-likeness (QED) is 0.258. The molecule has 0 unspecified atom stereocenters. The number of halogens is 5. The van der Waals surface area contributed by atoms with Crippen LogP contribution < -0.4 is 4.74 Å². The highest BCUT2D eigenvalue weighted by atomic mass is 35.5. The van der Waals surface area contributed by atoms with Crippen molar-refractivity contribution in [2.75, 3.05) is 19.3 Å². The Morgan fingerprint density at radius 2 is 1.77 bits per heavy atom. The van der Waals surface area contributed by atoms with Crippen molar-refractivity contribution < 1.29 is 41.0 Å². The van der Waals surface area contributed by atoms with Gasteiger partial charge in [0.1, 0.15) is 22.5 Å². The summed E-state index contributed by atoms with van der Waals surface area (Å²) in [5, 5.41) is 10.5. The fourth-order valence-electron chi connectivity index (χ4n) is 4.73. The van der Waals surface area contributed by atoms with E-state index >= 15 is 0 Å². The number of ether oxygens (including phenoxy) is 1. The Labute approximate surface area is 238 Å². The molecule has 2 aromatic rings. The maximum Gasteiger partial charge on any atom is 0.417 e. The molecule has 2 heterocycles. The normalized spacial score (nSPS) is 17.8. The minimum absolute atomic E-state index is 0.0103. The number of ketones is 2. The van der Waals surface area contributed by atoms with E-state index in [0.29, 0.717) is 38.5 Å². The summed E-state index contributed by atoms with van der Waals surface area (Å²) in [6, 6.07) is 3.31. The molecule has 14 heteroatoms. The first-order valence-electron chi connectivity index (χ1n) is 12.3. The monoisotopic (exact) mass is 620 g/mol. The summed E-state index contributed by atoms with van der Waals surface area (Å²) in [4.78, 5) is 30.2. The number of allylic oxidation sites excluding steroid dienone is 1. The molecule has 1 saturated heterocycles. The molecule has 1 aliphatic heterocycles. The lowest BCUT2D eigenvalue weighted by atomic mass is 9.89. The van der Waals surface area contributed by atoms with Crippen LogP contribution in [0.1, 0.15) is 48.8 Å². The summed E-state index contributed by atoms with van der Waals surface area (Å²) in [7, 11) is -3.74. The van der Waals surface area contributed by atoms with Crippen LogP contribution in [0.4, 0.5) is 13.2 Å². The van der Waals surface area contributed by atoms with E-state index in [2.05, 4.69) is 4.98 Å². The number of likely N-dealkylation sites (tertiary alicyclic amines) is 1. The number of carbonyl (C=O) groups excluding carboxylic acids is 2. The van der Waals surface area contributed by atoms with Gasteiger partial charge in [-0.15, -0.1) is 0 Å². The van der Waals surface area contributed by atoms with E-state index in [-0.39, 0.29) is 56.9 Å². The Morgan fingerprint density at radius 3 is 2.33 bits per heavy atom. The molecule has 1 aliphatic carbocycles. The minimum atomic E-state index is -4.58. The van der Waals surface area contributed by atoms with Crippen LogP contribution in [0, 0.1) is 0 Å². The zero-order valence-electron chi connectivity index (χ0n) is 21.2. The number of aromatic nitrogens is 1. The minimum Gasteiger partial charge on any atom is -0.506 e. The van der Waals surface area contributed by atoms with E-state index in [1.165, 1.54) is 12.1 Å². The average molecular weight is 621 g/mol. The first kappa shape index (κ1) is 30.3. The van der Waals surface area contributed by atoms with Crippen molar-refractivity contribution in [3.05, 3.63) is 56.7 Å². The van der Waals surface area contributed by atoms with Crippen LogP contribution in [0.15, 0.2) is 34.9 Å². The molecule has 2 fully saturated rings. The number of hydrogen-bond acceptors (Lipinski definition) is 8. The molecule has 0 bridgehead atoms. The van der Waals surface area contributed by atoms with Crippen LogP contribution in [0.2, 0.25) is 10.0 Å². The van der Waals surface area contributed by atoms with E-state index in [0.717, 1.165) is 12.3 Å². The number of carbonyl (C=O) groups is 2. The molecule has 4 rings (SSSR count). The van der Waals surface area contributed by atoms with Crippen LogP contribution in [-0.2, 0) is 32.1 Å². The highest BCUT2D eigenvalue weighted by Crippen LogP contribution is 2.36. The predicted molar refractivity (Wildman–Crippen MR) is 141 cm³/mol. The number of Topliss-reactive ketones (excluding diaryl/α,β-unsaturated/α-hetero) is 2. The number of piperidine rings is 1. The Kier molecular flexibility index (Phi) is 8.84. The van der Waals surface area contributed by atoms with Crippen molar-refractivity contribution in [2.45, 2.75) is 55.8 Å². The molecule has 0 amide bonds. The maximum absolute atomic E-state index is 12.9. The van der Waals surface area contributed by atoms with E-state index in [1.54, 1.807) is 0 Å². The molecule has 0 atom stereocenters. The molecular weight excluding hydrogens is 596 g/mol. The topological polar surface area (TPSA) is 114 Å². The van der Waals surface area contributed by atoms with Gasteiger partial charge in [-0.2, -0.15) is 13.2 Å². The number of alkyl halides is 3. The van der Waals surface area contributed by atoms with E-state index in [9.17, 15) is 36.3 Å². The molecule has 216 valence electrons. The van der Waals surface area contributed by atoms with Gasteiger partial charge in [0.2, 0.25) is 5.88 Å². The molecule has 1 saturated carbocycles. The summed E-state index contributed by atoms with van der Waals surface area (Å²) in [5.41, 5.74) is -1.13. The van der Waals surface area contributed by atoms with Crippen molar-refractivity contribution in [2.24, 2.45) is 0 Å². The Balaban J connectivity index is 1.53. The second-order valence-electron chi connectivity index (χ2n) is 9.70. The van der Waals surface area contributed by atoms with Gasteiger partial charge in [0.15, 0.2) is 21.4 Å². The molecule has 1 aromatic heterocycles. The standard InChI is InChI=1S/C26H25Cl2F3N2O6S/c1-40(37,38)21-6-5-16(24(36)22-19(34)3-2-4-20(22)35)23(28)17(21)13-33-9-7-15(8-10-33)39-25-18(27)11-14(12-32-25)26(29,30)31/h5-6,11-12,15,36H,2-4,7-10,13H2,1H3. The number of rotatable bonds is 6. The van der Waals surface area contributed by atoms with Gasteiger partial charge >= 0.3 is 6.18 Å². The fourth-order valence-corrected chi connectivity index (χ4v) is 6.24. The van der Waals surface area contributed by atoms with Crippen LogP contribution in [0.5, 0.6) is 5.88 Å². The molecular formula is C26H25Cl2F3N2O6S. The van der Waals surface area contributed by atoms with Gasteiger partial charge in [-0.1, -0.05) is 23.2 Å². The molecule has 0 radical (unpaired) electrons. The van der Waals surface area contributed by atoms with Gasteiger partial charge in [0.25, 0.3) is 0 Å². The summed E-state index contributed by atoms with van der Waals surface area (Å²) in [5.74, 6) is -1.68. The molecule has 2 aliphatic rings. The van der Waals surface area contributed by atoms with E-state index < -0.39 is 45.0 Å². The van der Waals surface area contributed by atoms with Gasteiger partial charge in [-0.25, -0.2) is 13.4 Å². The summed E-state index contributed by atoms with van der Waals surface area (Å²) in [6.07, 6.45) is -1.83. The fraction of sp³-hybridized carbons (Fsp3) is 0.423. The smallest absolute Gasteiger partial charge is 0.417 e. The maximum atomic E-state index is 12.9. The Bertz CT molecular complexity index is 1470. The van der Waals surface area contributed by atoms with Crippen LogP contribution in [0.3, 0.4) is 0 Å². The van der Waals surface area contributed by atoms with Gasteiger partial charge < -0.3 is 9.84 Å². The number of hydrogen-bond donors (Lipinski definition) is 1. The second-order valence-corrected chi connectivity index (χ2v) is 12.5. The lowest BCUT2D eigenvalue weighted by Gasteiger charge is -2.32. The van der Waals surface area contributed by atoms with Crippen molar-refractivity contribution in [3.8, 4) is 5.88 Å². The second kappa shape index (κ2) is 11.7. The highest BCUT2D eigenvalue weighted by molar-refractivity contribution is 7.90. The van der Waals surface area contributed by atoms with Crippen LogP contribution in [0.25, 0.3) is 5.76 Å². The first-order valence-corrected chi connectivity index (χ1v) is 14.9. The zero-order valence-corrected chi connectivity index (χ0v) is 23.6. The number of aliphatic hydroxyl groups excluding tert-OH is 1. The van der Waals surface area contributed by atoms with E-state index in [1.807, 2.05) is 4.90 Å². The number of aliphatic hydroxyl groups is 1. The lowest BCUT2D eigenvalue weighted by molar-refractivity contribution is -0.138. The summed E-state index contributed by atoms with van der Waals surface area (Å²) >= 11 is 12.6. The molecule has 1 aromatic carbocycles. The summed E-state index contributed by atoms with van der Waals surface area (Å²) < 4.78 is 69.4. The summed E-state index contributed by atoms with van der Waals surface area (Å²) in [6.45, 7) is 0.902. The molecule has 1 N–H and O–H groups in total. The van der Waals surface area contributed by atoms with E-state index in [4.69, 9.17) is 27.9 Å². The number of sulfone groups is 1. The first-order chi connectivity index (χ1) is 18.7. The van der Waals surface area contributed by atoms with Gasteiger partial charge in [0.05, 0.1) is 15.5 Å². The van der Waals surface area contributed by atoms with Crippen molar-refractivity contribution in [1.82, 2.24) is 9.88 Å². The average Bonchev–Trinajstić information content (AvgIpc) is 2.86. The molecule has 0 spiro atoms. The van der Waals surface area contributed by atoms with Crippen molar-refractivity contribution >= 4 is 50.4 Å². The third-order valence-electron chi connectivity index (χ3n) is 6.79. The third kappa shape index (κ3) is 6.62. The van der Waals surface area contributed by atoms with Gasteiger partial charge in [0, 0.05) is 56.1 Å². The Morgan fingerprint density at radius 1 is 1.15 bits per heavy atom. The van der Waals surface area contributed by atoms with Gasteiger partial charge in [-0.3, -0.25) is 14.5 Å². The lowest BCUT2D eigenvalue weighted by Crippen LogP contribution is -2.38. The third-order valence-corrected chi connectivity index (χ3v) is 8.67. The number of pyridine rings is 1. The van der Waals surface area contributed by atoms with Crippen molar-refractivity contribution in [3.63, 3.8) is 0 Å². The zero-order chi connectivity index (χ0) is 29.4. The molecule has 8 nitrogen and oxygen atoms in total. The Hall–Kier alpha value is -2.67. The number of nitrogens with zero attached hydrogens (tertiary/aromatic N) is 2. The van der Waals surface area contributed by atoms with Gasteiger partial charge in [-0.05, 0) is 37.5 Å². The van der Waals surface area contributed by atoms with Crippen molar-refractivity contribution in [1.29, 1.82) is 0 Å². The predicted octanol–water partition coefficient (Wildman–Crippen LogP) is 5.45. The van der Waals surface area contributed by atoms with Crippen LogP contribution >= 0.6 is 23.2 Å². The highest BCUT2D eigenvalue weighted by Gasteiger charge is 2.33. The largest absolute Gasteiger partial charge is 0.506 e. The van der Waals surface area contributed by atoms with Crippen LogP contribution in [-0.4, -0.2) is 60.4 Å². The molecule has 40 heavy (non-hydrogen) atoms.